The van der Waals surface area contributed by atoms with Crippen LogP contribution in [0.5, 0.6) is 5.75 Å². The lowest BCUT2D eigenvalue weighted by molar-refractivity contribution is -0.135. The van der Waals surface area contributed by atoms with Crippen molar-refractivity contribution in [1.29, 1.82) is 0 Å². The fourth-order valence-corrected chi connectivity index (χ4v) is 5.40. The van der Waals surface area contributed by atoms with Gasteiger partial charge in [-0.15, -0.1) is 11.3 Å². The molecule has 186 valence electrons. The summed E-state index contributed by atoms with van der Waals surface area (Å²) in [5, 5.41) is 2.72. The summed E-state index contributed by atoms with van der Waals surface area (Å²) in [5.41, 5.74) is 2.01. The van der Waals surface area contributed by atoms with Gasteiger partial charge in [0, 0.05) is 16.4 Å². The number of carbonyl (C=O) groups is 2. The molecule has 0 saturated heterocycles. The number of benzene rings is 1. The number of ether oxygens (including phenoxy) is 1. The van der Waals surface area contributed by atoms with Crippen LogP contribution in [0.4, 0.5) is 0 Å². The first-order valence-electron chi connectivity index (χ1n) is 11.6. The van der Waals surface area contributed by atoms with Gasteiger partial charge in [-0.25, -0.2) is 0 Å². The molecule has 0 spiro atoms. The van der Waals surface area contributed by atoms with E-state index in [1.54, 1.807) is 47.9 Å². The summed E-state index contributed by atoms with van der Waals surface area (Å²) in [7, 11) is 0. The van der Waals surface area contributed by atoms with Crippen molar-refractivity contribution in [1.82, 2.24) is 9.80 Å². The van der Waals surface area contributed by atoms with Crippen LogP contribution in [-0.4, -0.2) is 41.3 Å². The summed E-state index contributed by atoms with van der Waals surface area (Å²) in [6.45, 7) is 2.80. The number of amides is 2. The van der Waals surface area contributed by atoms with E-state index in [1.165, 1.54) is 16.0 Å². The van der Waals surface area contributed by atoms with Gasteiger partial charge in [-0.2, -0.15) is 0 Å². The highest BCUT2D eigenvalue weighted by molar-refractivity contribution is 7.10. The number of halogens is 1. The number of hydrogen-bond acceptors (Lipinski definition) is 6. The first-order chi connectivity index (χ1) is 17.5. The number of thiophene rings is 1. The zero-order valence-electron chi connectivity index (χ0n) is 19.7. The largest absolute Gasteiger partial charge is 0.491 e. The first-order valence-corrected chi connectivity index (χ1v) is 12.8. The van der Waals surface area contributed by atoms with E-state index in [2.05, 4.69) is 6.07 Å². The summed E-state index contributed by atoms with van der Waals surface area (Å²) >= 11 is 7.84. The molecule has 1 aliphatic rings. The van der Waals surface area contributed by atoms with Gasteiger partial charge in [-0.3, -0.25) is 9.59 Å². The molecule has 0 aliphatic carbocycles. The third kappa shape index (κ3) is 5.20. The number of carbonyl (C=O) groups excluding carboxylic acids is 2. The smallest absolute Gasteiger partial charge is 0.290 e. The van der Waals surface area contributed by atoms with E-state index in [0.29, 0.717) is 29.7 Å². The second kappa shape index (κ2) is 10.6. The number of rotatable bonds is 8. The van der Waals surface area contributed by atoms with E-state index < -0.39 is 0 Å². The molecule has 5 rings (SSSR count). The summed E-state index contributed by atoms with van der Waals surface area (Å²) in [6, 6.07) is 14.1. The average Bonchev–Trinajstić information content (AvgIpc) is 3.66. The number of aryl methyl sites for hydroxylation is 1. The van der Waals surface area contributed by atoms with Crippen LogP contribution in [0.1, 0.15) is 38.4 Å². The van der Waals surface area contributed by atoms with Gasteiger partial charge in [0.1, 0.15) is 24.7 Å². The second-order valence-corrected chi connectivity index (χ2v) is 10.00. The zero-order chi connectivity index (χ0) is 25.1. The van der Waals surface area contributed by atoms with E-state index in [-0.39, 0.29) is 36.7 Å². The van der Waals surface area contributed by atoms with Crippen molar-refractivity contribution in [3.05, 3.63) is 99.0 Å². The molecule has 0 saturated carbocycles. The highest BCUT2D eigenvalue weighted by atomic mass is 35.5. The topological polar surface area (TPSA) is 76.1 Å². The lowest BCUT2D eigenvalue weighted by atomic mass is 10.0. The van der Waals surface area contributed by atoms with E-state index in [0.717, 1.165) is 17.5 Å². The van der Waals surface area contributed by atoms with Crippen LogP contribution in [0.25, 0.3) is 0 Å². The van der Waals surface area contributed by atoms with Gasteiger partial charge >= 0.3 is 0 Å². The minimum absolute atomic E-state index is 0.115. The number of fused-ring (bicyclic) bond motifs is 1. The van der Waals surface area contributed by atoms with Crippen molar-refractivity contribution in [2.45, 2.75) is 25.9 Å². The molecule has 0 N–H and O–H groups in total. The van der Waals surface area contributed by atoms with Gasteiger partial charge in [0.25, 0.3) is 5.91 Å². The Balaban J connectivity index is 1.36. The van der Waals surface area contributed by atoms with Crippen molar-refractivity contribution < 1.29 is 23.2 Å². The Morgan fingerprint density at radius 3 is 2.75 bits per heavy atom. The summed E-state index contributed by atoms with van der Waals surface area (Å²) in [5.74, 6) is 0.909. The summed E-state index contributed by atoms with van der Waals surface area (Å²) in [4.78, 5) is 31.3. The first kappa shape index (κ1) is 24.2. The number of hydrogen-bond donors (Lipinski definition) is 0. The molecule has 36 heavy (non-hydrogen) atoms. The van der Waals surface area contributed by atoms with Crippen LogP contribution >= 0.6 is 22.9 Å². The van der Waals surface area contributed by atoms with E-state index in [9.17, 15) is 9.59 Å². The highest BCUT2D eigenvalue weighted by Crippen LogP contribution is 2.34. The Labute approximate surface area is 217 Å². The van der Waals surface area contributed by atoms with Crippen LogP contribution in [0.3, 0.4) is 0 Å². The number of nitrogens with zero attached hydrogens (tertiary/aromatic N) is 2. The molecule has 0 radical (unpaired) electrons. The third-order valence-corrected chi connectivity index (χ3v) is 7.65. The van der Waals surface area contributed by atoms with Gasteiger partial charge in [0.05, 0.1) is 25.1 Å². The van der Waals surface area contributed by atoms with E-state index in [4.69, 9.17) is 25.2 Å². The van der Waals surface area contributed by atoms with Crippen molar-refractivity contribution >= 4 is 34.8 Å². The highest BCUT2D eigenvalue weighted by Gasteiger charge is 2.34. The SMILES string of the molecule is Cc1cc(OC[C@@H]2c3ccsc3CCN2C(=O)CN(Cc2ccco2)C(=O)c2ccco2)ccc1Cl. The molecule has 3 aromatic heterocycles. The lowest BCUT2D eigenvalue weighted by Crippen LogP contribution is -2.47. The van der Waals surface area contributed by atoms with Gasteiger partial charge in [0.15, 0.2) is 5.76 Å². The molecule has 9 heteroatoms. The number of furan rings is 2. The monoisotopic (exact) mass is 524 g/mol. The van der Waals surface area contributed by atoms with Crippen molar-refractivity contribution in [3.63, 3.8) is 0 Å². The Kier molecular flexibility index (Phi) is 7.16. The van der Waals surface area contributed by atoms with Crippen molar-refractivity contribution in [3.8, 4) is 5.75 Å². The van der Waals surface area contributed by atoms with Gasteiger partial charge in [-0.05, 0) is 78.4 Å². The molecule has 1 aromatic carbocycles. The predicted octanol–water partition coefficient (Wildman–Crippen LogP) is 5.74. The van der Waals surface area contributed by atoms with Crippen LogP contribution < -0.4 is 4.74 Å². The minimum Gasteiger partial charge on any atom is -0.491 e. The van der Waals surface area contributed by atoms with E-state index in [1.807, 2.05) is 29.3 Å². The third-order valence-electron chi connectivity index (χ3n) is 6.22. The van der Waals surface area contributed by atoms with Crippen LogP contribution in [0.15, 0.2) is 75.3 Å². The Morgan fingerprint density at radius 1 is 1.17 bits per heavy atom. The maximum atomic E-state index is 13.7. The minimum atomic E-state index is -0.373. The van der Waals surface area contributed by atoms with E-state index >= 15 is 0 Å². The molecular formula is C27H25ClN2O5S. The molecule has 2 amide bonds. The van der Waals surface area contributed by atoms with Gasteiger partial charge in [0.2, 0.25) is 5.91 Å². The Bertz CT molecular complexity index is 1330. The summed E-state index contributed by atoms with van der Waals surface area (Å²) in [6.07, 6.45) is 3.75. The Morgan fingerprint density at radius 2 is 2.00 bits per heavy atom. The molecule has 1 aliphatic heterocycles. The molecular weight excluding hydrogens is 500 g/mol. The van der Waals surface area contributed by atoms with Crippen LogP contribution in [0, 0.1) is 6.92 Å². The molecule has 1 atom stereocenters. The van der Waals surface area contributed by atoms with Crippen LogP contribution in [0.2, 0.25) is 5.02 Å². The van der Waals surface area contributed by atoms with Crippen molar-refractivity contribution in [2.75, 3.05) is 19.7 Å². The Hall–Kier alpha value is -3.49. The van der Waals surface area contributed by atoms with Gasteiger partial charge in [-0.1, -0.05) is 11.6 Å². The average molecular weight is 525 g/mol. The van der Waals surface area contributed by atoms with Crippen LogP contribution in [-0.2, 0) is 17.8 Å². The standard InChI is InChI=1S/C27H25ClN2O5S/c1-18-14-19(6-7-22(18)28)35-17-23-21-9-13-36-25(21)8-10-30(23)26(31)16-29(15-20-4-2-11-33-20)27(32)24-5-3-12-34-24/h2-7,9,11-14,23H,8,10,15-17H2,1H3/t23-/m1/s1. The molecule has 7 nitrogen and oxygen atoms in total. The summed E-state index contributed by atoms with van der Waals surface area (Å²) < 4.78 is 16.9. The second-order valence-electron chi connectivity index (χ2n) is 8.59. The molecule has 4 aromatic rings. The normalized spacial score (nSPS) is 14.9. The quantitative estimate of drug-likeness (QED) is 0.293. The molecule has 0 fully saturated rings. The van der Waals surface area contributed by atoms with Crippen molar-refractivity contribution in [2.24, 2.45) is 0 Å². The lowest BCUT2D eigenvalue weighted by Gasteiger charge is -2.37. The zero-order valence-corrected chi connectivity index (χ0v) is 21.3. The maximum absolute atomic E-state index is 13.7. The predicted molar refractivity (Wildman–Crippen MR) is 136 cm³/mol. The fourth-order valence-electron chi connectivity index (χ4n) is 4.36. The van der Waals surface area contributed by atoms with Gasteiger partial charge < -0.3 is 23.4 Å². The molecule has 0 bridgehead atoms. The molecule has 0 unspecified atom stereocenters. The maximum Gasteiger partial charge on any atom is 0.290 e. The molecule has 4 heterocycles. The fraction of sp³-hybridized carbons (Fsp3) is 0.259.